The molecule has 0 bridgehead atoms. The van der Waals surface area contributed by atoms with E-state index in [0.717, 1.165) is 11.8 Å². The summed E-state index contributed by atoms with van der Waals surface area (Å²) in [5.74, 6) is 1.79. The molecule has 1 saturated carbocycles. The first-order chi connectivity index (χ1) is 8.25. The standard InChI is InChI=1S/C16H25N/c1-13(2)14-7-6-10-16(12-11-14)17-15-8-4-3-5-9-15/h3-5,8-9,13-14,16-17H,6-7,10-12H2,1-2H3. The highest BCUT2D eigenvalue weighted by Crippen LogP contribution is 2.29. The Labute approximate surface area is 106 Å². The normalized spacial score (nSPS) is 25.6. The van der Waals surface area contributed by atoms with Crippen LogP contribution in [0.5, 0.6) is 0 Å². The molecule has 2 rings (SSSR count). The molecule has 1 nitrogen and oxygen atoms in total. The van der Waals surface area contributed by atoms with Gasteiger partial charge in [-0.3, -0.25) is 0 Å². The molecule has 0 heterocycles. The van der Waals surface area contributed by atoms with Gasteiger partial charge in [0.05, 0.1) is 0 Å². The van der Waals surface area contributed by atoms with Gasteiger partial charge in [-0.25, -0.2) is 0 Å². The minimum absolute atomic E-state index is 0.682. The van der Waals surface area contributed by atoms with Crippen LogP contribution in [0.1, 0.15) is 46.0 Å². The van der Waals surface area contributed by atoms with Crippen molar-refractivity contribution in [2.45, 2.75) is 52.0 Å². The predicted octanol–water partition coefficient (Wildman–Crippen LogP) is 4.70. The quantitative estimate of drug-likeness (QED) is 0.743. The average Bonchev–Trinajstić information content (AvgIpc) is 2.56. The lowest BCUT2D eigenvalue weighted by Gasteiger charge is -2.19. The van der Waals surface area contributed by atoms with Crippen LogP contribution in [0.4, 0.5) is 5.69 Å². The zero-order valence-corrected chi connectivity index (χ0v) is 11.2. The molecule has 1 aromatic carbocycles. The van der Waals surface area contributed by atoms with Crippen molar-refractivity contribution in [3.63, 3.8) is 0 Å². The molecule has 1 fully saturated rings. The van der Waals surface area contributed by atoms with Crippen molar-refractivity contribution in [3.8, 4) is 0 Å². The van der Waals surface area contributed by atoms with Crippen molar-refractivity contribution in [1.82, 2.24) is 0 Å². The van der Waals surface area contributed by atoms with Crippen LogP contribution in [0, 0.1) is 11.8 Å². The molecule has 1 aliphatic rings. The zero-order valence-electron chi connectivity index (χ0n) is 11.2. The summed E-state index contributed by atoms with van der Waals surface area (Å²) < 4.78 is 0. The average molecular weight is 231 g/mol. The van der Waals surface area contributed by atoms with Crippen LogP contribution in [0.3, 0.4) is 0 Å². The Balaban J connectivity index is 1.87. The van der Waals surface area contributed by atoms with Crippen LogP contribution in [-0.2, 0) is 0 Å². The number of hydrogen-bond acceptors (Lipinski definition) is 1. The van der Waals surface area contributed by atoms with E-state index in [2.05, 4.69) is 49.5 Å². The first-order valence-electron chi connectivity index (χ1n) is 7.07. The second kappa shape index (κ2) is 6.09. The summed E-state index contributed by atoms with van der Waals surface area (Å²) in [6.07, 6.45) is 6.86. The van der Waals surface area contributed by atoms with Crippen molar-refractivity contribution in [2.75, 3.05) is 5.32 Å². The van der Waals surface area contributed by atoms with Gasteiger partial charge in [-0.1, -0.05) is 44.9 Å². The van der Waals surface area contributed by atoms with Gasteiger partial charge in [0.15, 0.2) is 0 Å². The third-order valence-electron chi connectivity index (χ3n) is 4.10. The lowest BCUT2D eigenvalue weighted by Crippen LogP contribution is -2.18. The van der Waals surface area contributed by atoms with Gasteiger partial charge in [-0.2, -0.15) is 0 Å². The van der Waals surface area contributed by atoms with Crippen molar-refractivity contribution in [3.05, 3.63) is 30.3 Å². The van der Waals surface area contributed by atoms with Gasteiger partial charge in [0.25, 0.3) is 0 Å². The summed E-state index contributed by atoms with van der Waals surface area (Å²) in [6.45, 7) is 4.74. The Morgan fingerprint density at radius 3 is 2.47 bits per heavy atom. The maximum absolute atomic E-state index is 3.68. The lowest BCUT2D eigenvalue weighted by atomic mass is 9.89. The number of benzene rings is 1. The highest BCUT2D eigenvalue weighted by molar-refractivity contribution is 5.43. The smallest absolute Gasteiger partial charge is 0.0342 e. The highest BCUT2D eigenvalue weighted by atomic mass is 14.9. The summed E-state index contributed by atoms with van der Waals surface area (Å²) >= 11 is 0. The fourth-order valence-electron chi connectivity index (χ4n) is 2.91. The van der Waals surface area contributed by atoms with E-state index >= 15 is 0 Å². The first-order valence-corrected chi connectivity index (χ1v) is 7.07. The van der Waals surface area contributed by atoms with Crippen LogP contribution < -0.4 is 5.32 Å². The largest absolute Gasteiger partial charge is 0.382 e. The van der Waals surface area contributed by atoms with Gasteiger partial charge in [0.2, 0.25) is 0 Å². The van der Waals surface area contributed by atoms with Crippen molar-refractivity contribution >= 4 is 5.69 Å². The second-order valence-electron chi connectivity index (χ2n) is 5.72. The van der Waals surface area contributed by atoms with Gasteiger partial charge in [0.1, 0.15) is 0 Å². The molecule has 0 amide bonds. The molecule has 1 N–H and O–H groups in total. The molecule has 17 heavy (non-hydrogen) atoms. The summed E-state index contributed by atoms with van der Waals surface area (Å²) in [5.41, 5.74) is 1.28. The minimum Gasteiger partial charge on any atom is -0.382 e. The topological polar surface area (TPSA) is 12.0 Å². The van der Waals surface area contributed by atoms with E-state index < -0.39 is 0 Å². The van der Waals surface area contributed by atoms with E-state index in [4.69, 9.17) is 0 Å². The van der Waals surface area contributed by atoms with E-state index in [1.165, 1.54) is 37.8 Å². The van der Waals surface area contributed by atoms with E-state index in [1.807, 2.05) is 0 Å². The van der Waals surface area contributed by atoms with Crippen molar-refractivity contribution in [2.24, 2.45) is 11.8 Å². The van der Waals surface area contributed by atoms with Crippen molar-refractivity contribution in [1.29, 1.82) is 0 Å². The Morgan fingerprint density at radius 2 is 1.76 bits per heavy atom. The maximum atomic E-state index is 3.68. The Morgan fingerprint density at radius 1 is 1.00 bits per heavy atom. The van der Waals surface area contributed by atoms with Crippen molar-refractivity contribution < 1.29 is 0 Å². The molecule has 1 aromatic rings. The molecular weight excluding hydrogens is 206 g/mol. The Kier molecular flexibility index (Phi) is 4.47. The van der Waals surface area contributed by atoms with Crippen LogP contribution >= 0.6 is 0 Å². The number of anilines is 1. The number of hydrogen-bond donors (Lipinski definition) is 1. The highest BCUT2D eigenvalue weighted by Gasteiger charge is 2.20. The maximum Gasteiger partial charge on any atom is 0.0342 e. The van der Waals surface area contributed by atoms with E-state index in [1.54, 1.807) is 0 Å². The fourth-order valence-corrected chi connectivity index (χ4v) is 2.91. The SMILES string of the molecule is CC(C)C1CCCC(Nc2ccccc2)CC1. The second-order valence-corrected chi connectivity index (χ2v) is 5.72. The Hall–Kier alpha value is -0.980. The number of para-hydroxylation sites is 1. The van der Waals surface area contributed by atoms with E-state index in [-0.39, 0.29) is 0 Å². The first kappa shape index (κ1) is 12.5. The van der Waals surface area contributed by atoms with Crippen LogP contribution in [-0.4, -0.2) is 6.04 Å². The zero-order chi connectivity index (χ0) is 12.1. The van der Waals surface area contributed by atoms with Gasteiger partial charge in [0, 0.05) is 11.7 Å². The van der Waals surface area contributed by atoms with Gasteiger partial charge < -0.3 is 5.32 Å². The molecule has 94 valence electrons. The number of rotatable bonds is 3. The molecule has 2 unspecified atom stereocenters. The fraction of sp³-hybridized carbons (Fsp3) is 0.625. The third kappa shape index (κ3) is 3.76. The third-order valence-corrected chi connectivity index (χ3v) is 4.10. The Bertz CT molecular complexity index is 318. The van der Waals surface area contributed by atoms with E-state index in [9.17, 15) is 0 Å². The molecule has 1 heteroatoms. The molecule has 0 radical (unpaired) electrons. The van der Waals surface area contributed by atoms with Crippen LogP contribution in [0.15, 0.2) is 30.3 Å². The van der Waals surface area contributed by atoms with Gasteiger partial charge in [-0.15, -0.1) is 0 Å². The molecular formula is C16H25N. The molecule has 0 aromatic heterocycles. The molecule has 2 atom stereocenters. The van der Waals surface area contributed by atoms with Gasteiger partial charge in [-0.05, 0) is 43.2 Å². The summed E-state index contributed by atoms with van der Waals surface area (Å²) in [5, 5.41) is 3.68. The van der Waals surface area contributed by atoms with Crippen LogP contribution in [0.2, 0.25) is 0 Å². The minimum atomic E-state index is 0.682. The predicted molar refractivity (Wildman–Crippen MR) is 75.3 cm³/mol. The van der Waals surface area contributed by atoms with E-state index in [0.29, 0.717) is 6.04 Å². The molecule has 0 saturated heterocycles. The summed E-state index contributed by atoms with van der Waals surface area (Å²) in [4.78, 5) is 0. The summed E-state index contributed by atoms with van der Waals surface area (Å²) in [7, 11) is 0. The number of nitrogens with one attached hydrogen (secondary N) is 1. The lowest BCUT2D eigenvalue weighted by molar-refractivity contribution is 0.341. The van der Waals surface area contributed by atoms with Gasteiger partial charge >= 0.3 is 0 Å². The molecule has 1 aliphatic carbocycles. The summed E-state index contributed by atoms with van der Waals surface area (Å²) in [6, 6.07) is 11.3. The van der Waals surface area contributed by atoms with Crippen LogP contribution in [0.25, 0.3) is 0 Å². The monoisotopic (exact) mass is 231 g/mol. The molecule has 0 spiro atoms. The molecule has 0 aliphatic heterocycles.